The Morgan fingerprint density at radius 3 is 2.82 bits per heavy atom. The van der Waals surface area contributed by atoms with Crippen molar-refractivity contribution in [3.05, 3.63) is 23.7 Å². The van der Waals surface area contributed by atoms with Gasteiger partial charge in [-0.25, -0.2) is 0 Å². The van der Waals surface area contributed by atoms with E-state index in [9.17, 15) is 0 Å². The predicted molar refractivity (Wildman–Crippen MR) is 70.1 cm³/mol. The molecule has 1 aliphatic carbocycles. The van der Waals surface area contributed by atoms with Gasteiger partial charge in [0.2, 0.25) is 0 Å². The van der Waals surface area contributed by atoms with Gasteiger partial charge in [0.25, 0.3) is 0 Å². The molecule has 2 N–H and O–H groups in total. The zero-order chi connectivity index (χ0) is 11.9. The van der Waals surface area contributed by atoms with Gasteiger partial charge in [-0.1, -0.05) is 6.92 Å². The van der Waals surface area contributed by atoms with Crippen LogP contribution in [-0.2, 0) is 13.0 Å². The molecule has 1 saturated carbocycles. The Morgan fingerprint density at radius 1 is 1.24 bits per heavy atom. The van der Waals surface area contributed by atoms with Gasteiger partial charge in [-0.15, -0.1) is 0 Å². The van der Waals surface area contributed by atoms with Crippen molar-refractivity contribution < 1.29 is 4.42 Å². The lowest BCUT2D eigenvalue weighted by atomic mass is 10.2. The summed E-state index contributed by atoms with van der Waals surface area (Å²) in [6.07, 6.45) is 6.30. The molecule has 1 aliphatic rings. The summed E-state index contributed by atoms with van der Waals surface area (Å²) in [6.45, 7) is 5.11. The molecule has 0 aliphatic heterocycles. The summed E-state index contributed by atoms with van der Waals surface area (Å²) < 4.78 is 5.74. The molecule has 1 aromatic heterocycles. The summed E-state index contributed by atoms with van der Waals surface area (Å²) >= 11 is 0. The number of hydrogen-bond donors (Lipinski definition) is 2. The molecule has 96 valence electrons. The number of unbranched alkanes of at least 4 members (excludes halogenated alkanes) is 1. The molecule has 3 nitrogen and oxygen atoms in total. The van der Waals surface area contributed by atoms with Crippen LogP contribution in [0.3, 0.4) is 0 Å². The maximum Gasteiger partial charge on any atom is 0.117 e. The monoisotopic (exact) mass is 236 g/mol. The minimum absolute atomic E-state index is 0.838. The fourth-order valence-corrected chi connectivity index (χ4v) is 1.92. The molecule has 0 saturated heterocycles. The van der Waals surface area contributed by atoms with E-state index in [2.05, 4.69) is 29.7 Å². The maximum absolute atomic E-state index is 5.74. The first-order valence-electron chi connectivity index (χ1n) is 6.90. The zero-order valence-corrected chi connectivity index (χ0v) is 10.8. The van der Waals surface area contributed by atoms with Gasteiger partial charge >= 0.3 is 0 Å². The third-order valence-electron chi connectivity index (χ3n) is 3.13. The number of hydrogen-bond acceptors (Lipinski definition) is 3. The van der Waals surface area contributed by atoms with E-state index in [0.717, 1.165) is 43.6 Å². The van der Waals surface area contributed by atoms with Crippen LogP contribution in [0.5, 0.6) is 0 Å². The molecule has 1 aromatic rings. The fraction of sp³-hybridized carbons (Fsp3) is 0.714. The molecule has 0 amide bonds. The van der Waals surface area contributed by atoms with Gasteiger partial charge in [-0.3, -0.25) is 0 Å². The Kier molecular flexibility index (Phi) is 5.08. The first kappa shape index (κ1) is 12.7. The van der Waals surface area contributed by atoms with E-state index in [1.165, 1.54) is 25.7 Å². The molecule has 1 heterocycles. The Morgan fingerprint density at radius 2 is 2.06 bits per heavy atom. The second-order valence-electron chi connectivity index (χ2n) is 4.83. The minimum atomic E-state index is 0.838. The van der Waals surface area contributed by atoms with Crippen LogP contribution in [0, 0.1) is 0 Å². The summed E-state index contributed by atoms with van der Waals surface area (Å²) in [5.41, 5.74) is 0. The van der Waals surface area contributed by atoms with Crippen LogP contribution in [0.4, 0.5) is 0 Å². The van der Waals surface area contributed by atoms with Crippen molar-refractivity contribution in [2.75, 3.05) is 13.1 Å². The second kappa shape index (κ2) is 6.82. The van der Waals surface area contributed by atoms with Gasteiger partial charge in [-0.2, -0.15) is 0 Å². The van der Waals surface area contributed by atoms with Crippen LogP contribution < -0.4 is 10.6 Å². The Hall–Kier alpha value is -0.800. The fourth-order valence-electron chi connectivity index (χ4n) is 1.92. The van der Waals surface area contributed by atoms with Crippen LogP contribution in [0.2, 0.25) is 0 Å². The topological polar surface area (TPSA) is 37.2 Å². The molecular weight excluding hydrogens is 212 g/mol. The summed E-state index contributed by atoms with van der Waals surface area (Å²) in [6, 6.07) is 5.03. The smallest absolute Gasteiger partial charge is 0.117 e. The number of nitrogens with one attached hydrogen (secondary N) is 2. The van der Waals surface area contributed by atoms with Crippen molar-refractivity contribution in [2.45, 2.75) is 51.6 Å². The molecule has 0 aromatic carbocycles. The number of furan rings is 1. The molecule has 0 bridgehead atoms. The van der Waals surface area contributed by atoms with Gasteiger partial charge in [0.1, 0.15) is 11.5 Å². The standard InChI is InChI=1S/C14H24N2O/c1-2-15-11-14-9-8-13(17-14)5-3-4-10-16-12-6-7-12/h8-9,12,15-16H,2-7,10-11H2,1H3. The van der Waals surface area contributed by atoms with Crippen molar-refractivity contribution in [1.29, 1.82) is 0 Å². The lowest BCUT2D eigenvalue weighted by molar-refractivity contribution is 0.442. The summed E-state index contributed by atoms with van der Waals surface area (Å²) in [4.78, 5) is 0. The average molecular weight is 236 g/mol. The Labute approximate surface area is 104 Å². The van der Waals surface area contributed by atoms with Gasteiger partial charge in [0.15, 0.2) is 0 Å². The Balaban J connectivity index is 1.55. The van der Waals surface area contributed by atoms with Crippen LogP contribution in [0.1, 0.15) is 44.1 Å². The second-order valence-corrected chi connectivity index (χ2v) is 4.83. The lowest BCUT2D eigenvalue weighted by Gasteiger charge is -2.01. The van der Waals surface area contributed by atoms with Crippen molar-refractivity contribution in [2.24, 2.45) is 0 Å². The molecule has 1 fully saturated rings. The third-order valence-corrected chi connectivity index (χ3v) is 3.13. The van der Waals surface area contributed by atoms with Crippen LogP contribution in [-0.4, -0.2) is 19.1 Å². The van der Waals surface area contributed by atoms with E-state index < -0.39 is 0 Å². The molecule has 2 rings (SSSR count). The van der Waals surface area contributed by atoms with Crippen molar-refractivity contribution in [3.8, 4) is 0 Å². The third kappa shape index (κ3) is 4.92. The van der Waals surface area contributed by atoms with Gasteiger partial charge in [-0.05, 0) is 50.9 Å². The van der Waals surface area contributed by atoms with E-state index in [1.807, 2.05) is 0 Å². The van der Waals surface area contributed by atoms with Gasteiger partial charge < -0.3 is 15.1 Å². The SMILES string of the molecule is CCNCc1ccc(CCCCNC2CC2)o1. The van der Waals surface area contributed by atoms with E-state index in [-0.39, 0.29) is 0 Å². The normalized spacial score (nSPS) is 15.4. The Bertz CT molecular complexity index is 318. The van der Waals surface area contributed by atoms with Crippen LogP contribution >= 0.6 is 0 Å². The average Bonchev–Trinajstić information content (AvgIpc) is 3.05. The first-order valence-corrected chi connectivity index (χ1v) is 6.90. The predicted octanol–water partition coefficient (Wildman–Crippen LogP) is 2.46. The van der Waals surface area contributed by atoms with Gasteiger partial charge in [0.05, 0.1) is 6.54 Å². The van der Waals surface area contributed by atoms with E-state index in [0.29, 0.717) is 0 Å². The highest BCUT2D eigenvalue weighted by atomic mass is 16.3. The lowest BCUT2D eigenvalue weighted by Crippen LogP contribution is -2.17. The van der Waals surface area contributed by atoms with Crippen molar-refractivity contribution in [3.63, 3.8) is 0 Å². The van der Waals surface area contributed by atoms with Crippen LogP contribution in [0.15, 0.2) is 16.5 Å². The maximum atomic E-state index is 5.74. The summed E-state index contributed by atoms with van der Waals surface area (Å²) in [5, 5.41) is 6.81. The highest BCUT2D eigenvalue weighted by Crippen LogP contribution is 2.18. The quantitative estimate of drug-likeness (QED) is 0.647. The molecular formula is C14H24N2O. The molecule has 0 atom stereocenters. The summed E-state index contributed by atoms with van der Waals surface area (Å²) in [5.74, 6) is 2.18. The van der Waals surface area contributed by atoms with Gasteiger partial charge in [0, 0.05) is 12.5 Å². The molecule has 0 unspecified atom stereocenters. The number of rotatable bonds is 9. The highest BCUT2D eigenvalue weighted by molar-refractivity contribution is 5.07. The first-order chi connectivity index (χ1) is 8.38. The van der Waals surface area contributed by atoms with E-state index in [4.69, 9.17) is 4.42 Å². The molecule has 17 heavy (non-hydrogen) atoms. The molecule has 0 radical (unpaired) electrons. The number of aryl methyl sites for hydroxylation is 1. The van der Waals surface area contributed by atoms with E-state index in [1.54, 1.807) is 0 Å². The molecule has 3 heteroatoms. The highest BCUT2D eigenvalue weighted by Gasteiger charge is 2.19. The van der Waals surface area contributed by atoms with Crippen LogP contribution in [0.25, 0.3) is 0 Å². The zero-order valence-electron chi connectivity index (χ0n) is 10.8. The summed E-state index contributed by atoms with van der Waals surface area (Å²) in [7, 11) is 0. The minimum Gasteiger partial charge on any atom is -0.465 e. The largest absolute Gasteiger partial charge is 0.465 e. The molecule has 0 spiro atoms. The van der Waals surface area contributed by atoms with Crippen molar-refractivity contribution in [1.82, 2.24) is 10.6 Å². The van der Waals surface area contributed by atoms with Crippen molar-refractivity contribution >= 4 is 0 Å². The van der Waals surface area contributed by atoms with E-state index >= 15 is 0 Å².